The summed E-state index contributed by atoms with van der Waals surface area (Å²) in [5.41, 5.74) is 0.841. The second-order valence-electron chi connectivity index (χ2n) is 3.52. The third-order valence-corrected chi connectivity index (χ3v) is 3.45. The Bertz CT molecular complexity index is 479. The molecule has 1 N–H and O–H groups in total. The van der Waals surface area contributed by atoms with Crippen molar-refractivity contribution >= 4 is 11.8 Å². The summed E-state index contributed by atoms with van der Waals surface area (Å²) in [6, 6.07) is 5.62. The van der Waals surface area contributed by atoms with Crippen molar-refractivity contribution in [3.63, 3.8) is 0 Å². The number of pyridine rings is 1. The van der Waals surface area contributed by atoms with E-state index < -0.39 is 6.10 Å². The highest BCUT2D eigenvalue weighted by atomic mass is 32.2. The molecule has 2 rings (SSSR count). The van der Waals surface area contributed by atoms with Crippen LogP contribution in [0.25, 0.3) is 0 Å². The number of rotatable bonds is 3. The van der Waals surface area contributed by atoms with Gasteiger partial charge in [0.15, 0.2) is 0 Å². The minimum absolute atomic E-state index is 0.511. The summed E-state index contributed by atoms with van der Waals surface area (Å²) < 4.78 is 5.23. The molecule has 2 aromatic rings. The van der Waals surface area contributed by atoms with Crippen molar-refractivity contribution in [2.75, 3.05) is 0 Å². The molecule has 0 saturated heterocycles. The third kappa shape index (κ3) is 2.28. The largest absolute Gasteiger partial charge is 0.468 e. The molecule has 2 heterocycles. The molecule has 0 aromatic carbocycles. The van der Waals surface area contributed by atoms with Crippen LogP contribution < -0.4 is 0 Å². The smallest absolute Gasteiger partial charge is 0.114 e. The van der Waals surface area contributed by atoms with Crippen molar-refractivity contribution in [3.8, 4) is 0 Å². The Balaban J connectivity index is 2.31. The summed E-state index contributed by atoms with van der Waals surface area (Å²) in [4.78, 5) is 5.31. The second kappa shape index (κ2) is 4.72. The van der Waals surface area contributed by atoms with E-state index in [2.05, 4.69) is 4.98 Å². The van der Waals surface area contributed by atoms with Gasteiger partial charge in [0.1, 0.15) is 10.8 Å². The van der Waals surface area contributed by atoms with Gasteiger partial charge in [-0.15, -0.1) is 0 Å². The van der Waals surface area contributed by atoms with E-state index in [0.29, 0.717) is 0 Å². The van der Waals surface area contributed by atoms with Crippen LogP contribution in [0.2, 0.25) is 0 Å². The second-order valence-corrected chi connectivity index (χ2v) is 4.55. The van der Waals surface area contributed by atoms with Gasteiger partial charge in [-0.05, 0) is 26.0 Å². The van der Waals surface area contributed by atoms with Crippen molar-refractivity contribution in [2.24, 2.45) is 0 Å². The zero-order valence-electron chi connectivity index (χ0n) is 9.18. The van der Waals surface area contributed by atoms with Crippen LogP contribution >= 0.6 is 11.8 Å². The average Bonchev–Trinajstić information content (AvgIpc) is 2.65. The van der Waals surface area contributed by atoms with E-state index in [9.17, 15) is 5.11 Å². The zero-order chi connectivity index (χ0) is 11.5. The quantitative estimate of drug-likeness (QED) is 0.887. The molecule has 0 saturated carbocycles. The van der Waals surface area contributed by atoms with Gasteiger partial charge in [-0.25, -0.2) is 4.98 Å². The molecule has 2 aromatic heterocycles. The number of nitrogens with zero attached hydrogens (tertiary/aromatic N) is 1. The first-order chi connectivity index (χ1) is 7.68. The Morgan fingerprint density at radius 3 is 2.88 bits per heavy atom. The van der Waals surface area contributed by atoms with Crippen molar-refractivity contribution < 1.29 is 9.52 Å². The van der Waals surface area contributed by atoms with Crippen molar-refractivity contribution in [3.05, 3.63) is 42.0 Å². The predicted octanol–water partition coefficient (Wildman–Crippen LogP) is 3.19. The topological polar surface area (TPSA) is 46.3 Å². The minimum atomic E-state index is -0.511. The maximum atomic E-state index is 9.63. The summed E-state index contributed by atoms with van der Waals surface area (Å²) in [6.07, 6.45) is 2.87. The molecule has 0 aliphatic carbocycles. The van der Waals surface area contributed by atoms with Crippen LogP contribution in [0.5, 0.6) is 0 Å². The average molecular weight is 235 g/mol. The number of hydrogen-bond donors (Lipinski definition) is 1. The third-order valence-electron chi connectivity index (χ3n) is 2.27. The molecule has 0 radical (unpaired) electrons. The fourth-order valence-electron chi connectivity index (χ4n) is 1.39. The van der Waals surface area contributed by atoms with Gasteiger partial charge in [0.05, 0.1) is 17.3 Å². The lowest BCUT2D eigenvalue weighted by Crippen LogP contribution is -1.95. The van der Waals surface area contributed by atoms with Crippen molar-refractivity contribution in [2.45, 2.75) is 29.9 Å². The maximum absolute atomic E-state index is 9.63. The van der Waals surface area contributed by atoms with Crippen LogP contribution in [0, 0.1) is 6.92 Å². The van der Waals surface area contributed by atoms with E-state index in [1.807, 2.05) is 25.1 Å². The highest BCUT2D eigenvalue weighted by Gasteiger charge is 2.12. The molecule has 0 fully saturated rings. The van der Waals surface area contributed by atoms with Gasteiger partial charge in [-0.1, -0.05) is 17.8 Å². The van der Waals surface area contributed by atoms with Crippen LogP contribution in [0.3, 0.4) is 0 Å². The molecule has 1 atom stereocenters. The molecule has 0 spiro atoms. The highest BCUT2D eigenvalue weighted by molar-refractivity contribution is 7.99. The Kier molecular flexibility index (Phi) is 3.31. The number of aromatic nitrogens is 1. The van der Waals surface area contributed by atoms with Crippen molar-refractivity contribution in [1.82, 2.24) is 4.98 Å². The SMILES string of the molecule is Cc1occc1Sc1ncccc1[C@@H](C)O. The van der Waals surface area contributed by atoms with Gasteiger partial charge >= 0.3 is 0 Å². The summed E-state index contributed by atoms with van der Waals surface area (Å²) in [7, 11) is 0. The van der Waals surface area contributed by atoms with Crippen LogP contribution in [0.15, 0.2) is 45.0 Å². The number of aliphatic hydroxyl groups excluding tert-OH is 1. The van der Waals surface area contributed by atoms with Gasteiger partial charge in [0.2, 0.25) is 0 Å². The molecule has 0 bridgehead atoms. The van der Waals surface area contributed by atoms with Gasteiger partial charge in [-0.2, -0.15) is 0 Å². The molecule has 0 aliphatic rings. The Morgan fingerprint density at radius 2 is 2.25 bits per heavy atom. The molecule has 3 nitrogen and oxygen atoms in total. The van der Waals surface area contributed by atoms with E-state index >= 15 is 0 Å². The number of aliphatic hydroxyl groups is 1. The predicted molar refractivity (Wildman–Crippen MR) is 62.4 cm³/mol. The number of furan rings is 1. The molecular formula is C12H13NO2S. The summed E-state index contributed by atoms with van der Waals surface area (Å²) in [6.45, 7) is 3.65. The van der Waals surface area contributed by atoms with E-state index in [0.717, 1.165) is 21.2 Å². The fraction of sp³-hybridized carbons (Fsp3) is 0.250. The Hall–Kier alpha value is -1.26. The lowest BCUT2D eigenvalue weighted by atomic mass is 10.2. The lowest BCUT2D eigenvalue weighted by Gasteiger charge is -2.09. The number of hydrogen-bond acceptors (Lipinski definition) is 4. The van der Waals surface area contributed by atoms with Crippen LogP contribution in [-0.4, -0.2) is 10.1 Å². The standard InChI is InChI=1S/C12H13NO2S/c1-8(14)10-4-3-6-13-12(10)16-11-5-7-15-9(11)2/h3-8,14H,1-2H3/t8-/m1/s1. The van der Waals surface area contributed by atoms with E-state index in [4.69, 9.17) is 4.42 Å². The summed E-state index contributed by atoms with van der Waals surface area (Å²) >= 11 is 1.51. The normalized spacial score (nSPS) is 12.7. The first kappa shape index (κ1) is 11.2. The van der Waals surface area contributed by atoms with Crippen molar-refractivity contribution in [1.29, 1.82) is 0 Å². The monoisotopic (exact) mass is 235 g/mol. The fourth-order valence-corrected chi connectivity index (χ4v) is 2.38. The van der Waals surface area contributed by atoms with Gasteiger partial charge in [0, 0.05) is 11.8 Å². The Labute approximate surface area is 98.5 Å². The maximum Gasteiger partial charge on any atom is 0.114 e. The summed E-state index contributed by atoms with van der Waals surface area (Å²) in [5.74, 6) is 0.868. The molecule has 16 heavy (non-hydrogen) atoms. The molecule has 0 amide bonds. The molecule has 4 heteroatoms. The molecule has 84 valence electrons. The molecule has 0 aliphatic heterocycles. The summed E-state index contributed by atoms with van der Waals surface area (Å²) in [5, 5.41) is 10.4. The van der Waals surface area contributed by atoms with E-state index in [1.165, 1.54) is 11.8 Å². The zero-order valence-corrected chi connectivity index (χ0v) is 9.99. The van der Waals surface area contributed by atoms with Gasteiger partial charge in [0.25, 0.3) is 0 Å². The lowest BCUT2D eigenvalue weighted by molar-refractivity contribution is 0.195. The Morgan fingerprint density at radius 1 is 1.44 bits per heavy atom. The van der Waals surface area contributed by atoms with Gasteiger partial charge < -0.3 is 9.52 Å². The first-order valence-electron chi connectivity index (χ1n) is 5.03. The number of aryl methyl sites for hydroxylation is 1. The first-order valence-corrected chi connectivity index (χ1v) is 5.85. The van der Waals surface area contributed by atoms with Gasteiger partial charge in [-0.3, -0.25) is 0 Å². The van der Waals surface area contributed by atoms with E-state index in [1.54, 1.807) is 19.4 Å². The molecular weight excluding hydrogens is 222 g/mol. The van der Waals surface area contributed by atoms with Crippen LogP contribution in [0.4, 0.5) is 0 Å². The molecule has 0 unspecified atom stereocenters. The highest BCUT2D eigenvalue weighted by Crippen LogP contribution is 2.33. The van der Waals surface area contributed by atoms with E-state index in [-0.39, 0.29) is 0 Å². The minimum Gasteiger partial charge on any atom is -0.468 e. The van der Waals surface area contributed by atoms with Crippen LogP contribution in [0.1, 0.15) is 24.4 Å². The van der Waals surface area contributed by atoms with Crippen LogP contribution in [-0.2, 0) is 0 Å².